The van der Waals surface area contributed by atoms with Gasteiger partial charge in [-0.25, -0.2) is 4.79 Å². The Hall–Kier alpha value is -3.19. The van der Waals surface area contributed by atoms with Crippen molar-refractivity contribution in [2.24, 2.45) is 0 Å². The van der Waals surface area contributed by atoms with E-state index in [1.165, 1.54) is 33.5 Å². The Kier molecular flexibility index (Phi) is 8.36. The van der Waals surface area contributed by atoms with E-state index in [0.29, 0.717) is 34.4 Å². The van der Waals surface area contributed by atoms with Gasteiger partial charge in [0.1, 0.15) is 0 Å². The minimum Gasteiger partial charge on any atom is -0.493 e. The number of benzene rings is 2. The van der Waals surface area contributed by atoms with E-state index in [2.05, 4.69) is 5.32 Å². The fourth-order valence-corrected chi connectivity index (χ4v) is 2.53. The van der Waals surface area contributed by atoms with E-state index >= 15 is 0 Å². The summed E-state index contributed by atoms with van der Waals surface area (Å²) in [6, 6.07) is 10.4. The molecule has 0 aliphatic carbocycles. The lowest BCUT2D eigenvalue weighted by Crippen LogP contribution is -2.28. The van der Waals surface area contributed by atoms with Crippen molar-refractivity contribution in [2.45, 2.75) is 6.54 Å². The van der Waals surface area contributed by atoms with Crippen molar-refractivity contribution in [1.29, 1.82) is 0 Å². The highest BCUT2D eigenvalue weighted by molar-refractivity contribution is 6.30. The largest absolute Gasteiger partial charge is 0.493 e. The Balaban J connectivity index is 1.87. The fourth-order valence-electron chi connectivity index (χ4n) is 2.40. The van der Waals surface area contributed by atoms with Gasteiger partial charge in [-0.15, -0.1) is 0 Å². The molecule has 8 heteroatoms. The molecule has 0 radical (unpaired) electrons. The Bertz CT molecular complexity index is 854. The first-order valence-electron chi connectivity index (χ1n) is 8.62. The van der Waals surface area contributed by atoms with Gasteiger partial charge in [-0.3, -0.25) is 4.79 Å². The van der Waals surface area contributed by atoms with Crippen LogP contribution in [-0.4, -0.2) is 39.8 Å². The monoisotopic (exact) mass is 419 g/mol. The highest BCUT2D eigenvalue weighted by atomic mass is 35.5. The van der Waals surface area contributed by atoms with Crippen LogP contribution in [0.3, 0.4) is 0 Å². The fraction of sp³-hybridized carbons (Fsp3) is 0.238. The average molecular weight is 420 g/mol. The number of hydrogen-bond donors (Lipinski definition) is 1. The van der Waals surface area contributed by atoms with Gasteiger partial charge in [0.05, 0.1) is 21.3 Å². The molecule has 0 bridgehead atoms. The van der Waals surface area contributed by atoms with E-state index in [-0.39, 0.29) is 6.61 Å². The van der Waals surface area contributed by atoms with Crippen LogP contribution in [-0.2, 0) is 20.9 Å². The van der Waals surface area contributed by atoms with Crippen LogP contribution in [0, 0.1) is 0 Å². The van der Waals surface area contributed by atoms with Gasteiger partial charge in [-0.2, -0.15) is 0 Å². The summed E-state index contributed by atoms with van der Waals surface area (Å²) in [4.78, 5) is 23.7. The van der Waals surface area contributed by atoms with E-state index in [9.17, 15) is 9.59 Å². The average Bonchev–Trinajstić information content (AvgIpc) is 2.74. The molecule has 2 rings (SSSR count). The first-order valence-corrected chi connectivity index (χ1v) is 9.00. The lowest BCUT2D eigenvalue weighted by Gasteiger charge is -2.12. The molecule has 0 aliphatic rings. The van der Waals surface area contributed by atoms with Crippen molar-refractivity contribution < 1.29 is 28.5 Å². The van der Waals surface area contributed by atoms with E-state index in [0.717, 1.165) is 5.56 Å². The van der Waals surface area contributed by atoms with Crippen LogP contribution < -0.4 is 19.5 Å². The predicted molar refractivity (Wildman–Crippen MR) is 109 cm³/mol. The molecule has 1 amide bonds. The number of methoxy groups -OCH3 is 3. The number of carbonyl (C=O) groups excluding carboxylic acids is 2. The van der Waals surface area contributed by atoms with E-state index < -0.39 is 11.9 Å². The molecule has 0 unspecified atom stereocenters. The Morgan fingerprint density at radius 2 is 1.62 bits per heavy atom. The topological polar surface area (TPSA) is 83.1 Å². The molecular weight excluding hydrogens is 398 g/mol. The second-order valence-corrected chi connectivity index (χ2v) is 6.24. The van der Waals surface area contributed by atoms with Gasteiger partial charge >= 0.3 is 5.97 Å². The first-order chi connectivity index (χ1) is 14.0. The van der Waals surface area contributed by atoms with E-state index in [1.54, 1.807) is 36.4 Å². The van der Waals surface area contributed by atoms with Gasteiger partial charge in [0.25, 0.3) is 5.91 Å². The van der Waals surface area contributed by atoms with Crippen LogP contribution in [0.1, 0.15) is 11.1 Å². The van der Waals surface area contributed by atoms with Crippen molar-refractivity contribution in [3.8, 4) is 17.2 Å². The molecular formula is C21H22ClNO6. The van der Waals surface area contributed by atoms with E-state index in [1.807, 2.05) is 0 Å². The molecule has 0 aliphatic heterocycles. The highest BCUT2D eigenvalue weighted by Gasteiger charge is 2.12. The van der Waals surface area contributed by atoms with Crippen molar-refractivity contribution >= 4 is 29.6 Å². The molecule has 2 aromatic rings. The van der Waals surface area contributed by atoms with Crippen molar-refractivity contribution in [2.75, 3.05) is 27.9 Å². The second-order valence-electron chi connectivity index (χ2n) is 5.80. The van der Waals surface area contributed by atoms with Crippen molar-refractivity contribution in [3.63, 3.8) is 0 Å². The number of ether oxygens (including phenoxy) is 4. The van der Waals surface area contributed by atoms with Crippen LogP contribution >= 0.6 is 11.6 Å². The number of nitrogens with one attached hydrogen (secondary N) is 1. The van der Waals surface area contributed by atoms with Crippen LogP contribution in [0.2, 0.25) is 5.02 Å². The number of esters is 1. The third-order valence-corrected chi connectivity index (χ3v) is 4.10. The summed E-state index contributed by atoms with van der Waals surface area (Å²) >= 11 is 5.81. The molecule has 1 N–H and O–H groups in total. The SMILES string of the molecule is COc1cc(/C=C/C(=O)OCC(=O)NCc2ccc(Cl)cc2)cc(OC)c1OC. The van der Waals surface area contributed by atoms with Gasteiger partial charge in [-0.05, 0) is 41.5 Å². The lowest BCUT2D eigenvalue weighted by atomic mass is 10.1. The van der Waals surface area contributed by atoms with Crippen LogP contribution in [0.15, 0.2) is 42.5 Å². The van der Waals surface area contributed by atoms with Crippen molar-refractivity contribution in [1.82, 2.24) is 5.32 Å². The van der Waals surface area contributed by atoms with E-state index in [4.69, 9.17) is 30.5 Å². The molecule has 154 valence electrons. The minimum atomic E-state index is -0.652. The summed E-state index contributed by atoms with van der Waals surface area (Å²) in [6.07, 6.45) is 2.74. The highest BCUT2D eigenvalue weighted by Crippen LogP contribution is 2.38. The van der Waals surface area contributed by atoms with Gasteiger partial charge < -0.3 is 24.3 Å². The summed E-state index contributed by atoms with van der Waals surface area (Å²) in [5.74, 6) is 0.310. The smallest absolute Gasteiger partial charge is 0.331 e. The Labute approximate surface area is 174 Å². The zero-order valence-corrected chi connectivity index (χ0v) is 17.1. The molecule has 0 spiro atoms. The number of amides is 1. The maximum Gasteiger partial charge on any atom is 0.331 e. The predicted octanol–water partition coefficient (Wildman–Crippen LogP) is 3.24. The maximum absolute atomic E-state index is 11.9. The summed E-state index contributed by atoms with van der Waals surface area (Å²) in [5.41, 5.74) is 1.53. The minimum absolute atomic E-state index is 0.314. The summed E-state index contributed by atoms with van der Waals surface area (Å²) in [6.45, 7) is -0.0686. The number of hydrogen-bond acceptors (Lipinski definition) is 6. The van der Waals surface area contributed by atoms with Gasteiger partial charge in [-0.1, -0.05) is 23.7 Å². The van der Waals surface area contributed by atoms with Gasteiger partial charge in [0.15, 0.2) is 18.1 Å². The van der Waals surface area contributed by atoms with Crippen LogP contribution in [0.25, 0.3) is 6.08 Å². The molecule has 0 saturated heterocycles. The van der Waals surface area contributed by atoms with Gasteiger partial charge in [0, 0.05) is 17.6 Å². The van der Waals surface area contributed by atoms with Crippen LogP contribution in [0.5, 0.6) is 17.2 Å². The molecule has 0 heterocycles. The number of carbonyl (C=O) groups is 2. The Morgan fingerprint density at radius 1 is 1.00 bits per heavy atom. The molecule has 7 nitrogen and oxygen atoms in total. The van der Waals surface area contributed by atoms with Crippen LogP contribution in [0.4, 0.5) is 0 Å². The summed E-state index contributed by atoms with van der Waals surface area (Å²) in [7, 11) is 4.51. The molecule has 2 aromatic carbocycles. The zero-order chi connectivity index (χ0) is 21.2. The quantitative estimate of drug-likeness (QED) is 0.496. The standard InChI is InChI=1S/C21H22ClNO6/c1-26-17-10-15(11-18(27-2)21(17)28-3)6-9-20(25)29-13-19(24)23-12-14-4-7-16(22)8-5-14/h4-11H,12-13H2,1-3H3,(H,23,24)/b9-6+. The maximum atomic E-state index is 11.9. The summed E-state index contributed by atoms with van der Waals surface area (Å²) in [5, 5.41) is 3.28. The second kappa shape index (κ2) is 11.0. The molecule has 0 saturated carbocycles. The molecule has 0 atom stereocenters. The number of halogens is 1. The first kappa shape index (κ1) is 22.1. The zero-order valence-electron chi connectivity index (χ0n) is 16.4. The molecule has 0 aromatic heterocycles. The lowest BCUT2D eigenvalue weighted by molar-refractivity contribution is -0.143. The molecule has 29 heavy (non-hydrogen) atoms. The third kappa shape index (κ3) is 6.73. The summed E-state index contributed by atoms with van der Waals surface area (Å²) < 4.78 is 20.7. The molecule has 0 fully saturated rings. The number of rotatable bonds is 9. The Morgan fingerprint density at radius 3 is 2.17 bits per heavy atom. The third-order valence-electron chi connectivity index (χ3n) is 3.85. The van der Waals surface area contributed by atoms with Crippen molar-refractivity contribution in [3.05, 3.63) is 58.6 Å². The van der Waals surface area contributed by atoms with Gasteiger partial charge in [0.2, 0.25) is 5.75 Å². The normalized spacial score (nSPS) is 10.5.